The molecule has 0 amide bonds. The molecule has 2 aromatic rings. The Bertz CT molecular complexity index is 461. The van der Waals surface area contributed by atoms with E-state index in [1.54, 1.807) is 6.26 Å². The van der Waals surface area contributed by atoms with Crippen LogP contribution in [0.25, 0.3) is 0 Å². The second kappa shape index (κ2) is 6.41. The maximum absolute atomic E-state index is 5.39. The highest BCUT2D eigenvalue weighted by Gasteiger charge is 2.05. The highest BCUT2D eigenvalue weighted by Crippen LogP contribution is 2.17. The van der Waals surface area contributed by atoms with E-state index >= 15 is 0 Å². The molecule has 0 spiro atoms. The smallest absolute Gasteiger partial charge is 0.120 e. The fourth-order valence-corrected chi connectivity index (χ4v) is 2.05. The SMILES string of the molecule is Cc1ccoc1CNCCC(C)c1ccccc1. The molecule has 1 heterocycles. The molecular formula is C16H21NO. The van der Waals surface area contributed by atoms with Gasteiger partial charge in [-0.1, -0.05) is 37.3 Å². The van der Waals surface area contributed by atoms with Gasteiger partial charge in [0.1, 0.15) is 5.76 Å². The molecule has 1 aromatic heterocycles. The summed E-state index contributed by atoms with van der Waals surface area (Å²) >= 11 is 0. The van der Waals surface area contributed by atoms with E-state index in [2.05, 4.69) is 49.5 Å². The van der Waals surface area contributed by atoms with Crippen LogP contribution in [-0.4, -0.2) is 6.54 Å². The standard InChI is InChI=1S/C16H21NO/c1-13(15-6-4-3-5-7-15)8-10-17-12-16-14(2)9-11-18-16/h3-7,9,11,13,17H,8,10,12H2,1-2H3. The van der Waals surface area contributed by atoms with Crippen LogP contribution in [0.15, 0.2) is 47.1 Å². The maximum atomic E-state index is 5.39. The Morgan fingerprint density at radius 2 is 1.94 bits per heavy atom. The van der Waals surface area contributed by atoms with Crippen molar-refractivity contribution in [1.29, 1.82) is 0 Å². The molecule has 2 rings (SSSR count). The van der Waals surface area contributed by atoms with Crippen molar-refractivity contribution < 1.29 is 4.42 Å². The molecule has 0 fully saturated rings. The molecule has 0 saturated carbocycles. The second-order valence-corrected chi connectivity index (χ2v) is 4.80. The lowest BCUT2D eigenvalue weighted by atomic mass is 9.98. The predicted molar refractivity (Wildman–Crippen MR) is 74.6 cm³/mol. The van der Waals surface area contributed by atoms with Gasteiger partial charge < -0.3 is 9.73 Å². The van der Waals surface area contributed by atoms with E-state index in [1.807, 2.05) is 6.07 Å². The minimum atomic E-state index is 0.594. The van der Waals surface area contributed by atoms with Crippen molar-refractivity contribution in [3.05, 3.63) is 59.5 Å². The van der Waals surface area contributed by atoms with Crippen molar-refractivity contribution in [3.63, 3.8) is 0 Å². The number of rotatable bonds is 6. The van der Waals surface area contributed by atoms with Crippen molar-refractivity contribution in [2.75, 3.05) is 6.54 Å². The van der Waals surface area contributed by atoms with Crippen molar-refractivity contribution >= 4 is 0 Å². The lowest BCUT2D eigenvalue weighted by Gasteiger charge is -2.12. The molecule has 0 radical (unpaired) electrons. The van der Waals surface area contributed by atoms with Crippen molar-refractivity contribution in [3.8, 4) is 0 Å². The zero-order valence-electron chi connectivity index (χ0n) is 11.1. The lowest BCUT2D eigenvalue weighted by molar-refractivity contribution is 0.473. The summed E-state index contributed by atoms with van der Waals surface area (Å²) in [7, 11) is 0. The molecule has 2 heteroatoms. The average Bonchev–Trinajstić information content (AvgIpc) is 2.81. The molecule has 1 N–H and O–H groups in total. The van der Waals surface area contributed by atoms with Gasteiger partial charge in [0.25, 0.3) is 0 Å². The molecule has 0 aliphatic carbocycles. The van der Waals surface area contributed by atoms with Gasteiger partial charge in [-0.25, -0.2) is 0 Å². The Labute approximate surface area is 109 Å². The topological polar surface area (TPSA) is 25.2 Å². The van der Waals surface area contributed by atoms with E-state index in [4.69, 9.17) is 4.42 Å². The Kier molecular flexibility index (Phi) is 4.59. The van der Waals surface area contributed by atoms with Crippen LogP contribution >= 0.6 is 0 Å². The van der Waals surface area contributed by atoms with E-state index in [0.717, 1.165) is 25.3 Å². The minimum absolute atomic E-state index is 0.594. The molecule has 0 aliphatic rings. The molecule has 18 heavy (non-hydrogen) atoms. The number of benzene rings is 1. The van der Waals surface area contributed by atoms with Crippen LogP contribution < -0.4 is 5.32 Å². The Hall–Kier alpha value is -1.54. The van der Waals surface area contributed by atoms with Gasteiger partial charge in [0.05, 0.1) is 12.8 Å². The molecule has 96 valence electrons. The molecule has 0 aliphatic heterocycles. The van der Waals surface area contributed by atoms with E-state index in [9.17, 15) is 0 Å². The largest absolute Gasteiger partial charge is 0.468 e. The van der Waals surface area contributed by atoms with Gasteiger partial charge >= 0.3 is 0 Å². The number of nitrogens with one attached hydrogen (secondary N) is 1. The number of hydrogen-bond acceptors (Lipinski definition) is 2. The highest BCUT2D eigenvalue weighted by atomic mass is 16.3. The van der Waals surface area contributed by atoms with Gasteiger partial charge in [-0.15, -0.1) is 0 Å². The van der Waals surface area contributed by atoms with E-state index < -0.39 is 0 Å². The third-order valence-electron chi connectivity index (χ3n) is 3.38. The Morgan fingerprint density at radius 1 is 1.17 bits per heavy atom. The van der Waals surface area contributed by atoms with Gasteiger partial charge in [0.15, 0.2) is 0 Å². The molecule has 1 aromatic carbocycles. The molecule has 0 saturated heterocycles. The third-order valence-corrected chi connectivity index (χ3v) is 3.38. The van der Waals surface area contributed by atoms with Crippen molar-refractivity contribution in [2.45, 2.75) is 32.7 Å². The van der Waals surface area contributed by atoms with Crippen LogP contribution in [0.3, 0.4) is 0 Å². The summed E-state index contributed by atoms with van der Waals surface area (Å²) in [5, 5.41) is 3.44. The van der Waals surface area contributed by atoms with E-state index in [-0.39, 0.29) is 0 Å². The first kappa shape index (κ1) is 12.9. The molecule has 1 atom stereocenters. The normalized spacial score (nSPS) is 12.6. The lowest BCUT2D eigenvalue weighted by Crippen LogP contribution is -2.16. The molecule has 2 nitrogen and oxygen atoms in total. The molecular weight excluding hydrogens is 222 g/mol. The Morgan fingerprint density at radius 3 is 2.61 bits per heavy atom. The number of furan rings is 1. The summed E-state index contributed by atoms with van der Waals surface area (Å²) in [5.41, 5.74) is 2.63. The summed E-state index contributed by atoms with van der Waals surface area (Å²) in [5.74, 6) is 1.64. The maximum Gasteiger partial charge on any atom is 0.120 e. The monoisotopic (exact) mass is 243 g/mol. The Balaban J connectivity index is 1.71. The average molecular weight is 243 g/mol. The summed E-state index contributed by atoms with van der Waals surface area (Å²) in [4.78, 5) is 0. The van der Waals surface area contributed by atoms with Crippen LogP contribution in [0.2, 0.25) is 0 Å². The highest BCUT2D eigenvalue weighted by molar-refractivity contribution is 5.18. The van der Waals surface area contributed by atoms with Crippen molar-refractivity contribution in [2.24, 2.45) is 0 Å². The van der Waals surface area contributed by atoms with Gasteiger partial charge in [0, 0.05) is 0 Å². The summed E-state index contributed by atoms with van der Waals surface area (Å²) in [6.45, 7) is 6.18. The molecule has 0 bridgehead atoms. The molecule has 1 unspecified atom stereocenters. The number of aryl methyl sites for hydroxylation is 1. The fourth-order valence-electron chi connectivity index (χ4n) is 2.05. The summed E-state index contributed by atoms with van der Waals surface area (Å²) in [6.07, 6.45) is 2.89. The number of hydrogen-bond donors (Lipinski definition) is 1. The van der Waals surface area contributed by atoms with Gasteiger partial charge in [-0.2, -0.15) is 0 Å². The first-order chi connectivity index (χ1) is 8.77. The van der Waals surface area contributed by atoms with Crippen LogP contribution in [0.5, 0.6) is 0 Å². The minimum Gasteiger partial charge on any atom is -0.468 e. The van der Waals surface area contributed by atoms with E-state index in [0.29, 0.717) is 5.92 Å². The zero-order chi connectivity index (χ0) is 12.8. The predicted octanol–water partition coefficient (Wildman–Crippen LogP) is 3.87. The summed E-state index contributed by atoms with van der Waals surface area (Å²) < 4.78 is 5.39. The van der Waals surface area contributed by atoms with Gasteiger partial charge in [-0.05, 0) is 43.0 Å². The zero-order valence-corrected chi connectivity index (χ0v) is 11.1. The van der Waals surface area contributed by atoms with Gasteiger partial charge in [0.2, 0.25) is 0 Å². The fraction of sp³-hybridized carbons (Fsp3) is 0.375. The van der Waals surface area contributed by atoms with E-state index in [1.165, 1.54) is 11.1 Å². The first-order valence-electron chi connectivity index (χ1n) is 6.56. The summed E-state index contributed by atoms with van der Waals surface area (Å²) in [6, 6.07) is 12.7. The van der Waals surface area contributed by atoms with Crippen LogP contribution in [0.4, 0.5) is 0 Å². The van der Waals surface area contributed by atoms with Gasteiger partial charge in [-0.3, -0.25) is 0 Å². The first-order valence-corrected chi connectivity index (χ1v) is 6.56. The van der Waals surface area contributed by atoms with Crippen LogP contribution in [0.1, 0.15) is 36.1 Å². The third kappa shape index (κ3) is 3.47. The van der Waals surface area contributed by atoms with Crippen LogP contribution in [-0.2, 0) is 6.54 Å². The van der Waals surface area contributed by atoms with Crippen molar-refractivity contribution in [1.82, 2.24) is 5.32 Å². The quantitative estimate of drug-likeness (QED) is 0.779. The second-order valence-electron chi connectivity index (χ2n) is 4.80. The van der Waals surface area contributed by atoms with Crippen LogP contribution in [0, 0.1) is 6.92 Å².